The molecule has 2 aromatic rings. The summed E-state index contributed by atoms with van der Waals surface area (Å²) >= 11 is 0. The zero-order chi connectivity index (χ0) is 13.4. The Morgan fingerprint density at radius 1 is 0.947 bits per heavy atom. The van der Waals surface area contributed by atoms with Crippen LogP contribution in [0.3, 0.4) is 0 Å². The average Bonchev–Trinajstić information content (AvgIpc) is 2.88. The second-order valence-electron chi connectivity index (χ2n) is 5.72. The van der Waals surface area contributed by atoms with Crippen LogP contribution in [0.4, 0.5) is 0 Å². The molecule has 1 heteroatoms. The van der Waals surface area contributed by atoms with Crippen molar-refractivity contribution >= 4 is 0 Å². The van der Waals surface area contributed by atoms with E-state index in [1.54, 1.807) is 0 Å². The van der Waals surface area contributed by atoms with Gasteiger partial charge in [0.25, 0.3) is 0 Å². The van der Waals surface area contributed by atoms with Gasteiger partial charge in [-0.05, 0) is 60.9 Å². The van der Waals surface area contributed by atoms with Gasteiger partial charge in [0.2, 0.25) is 0 Å². The number of benzene rings is 2. The van der Waals surface area contributed by atoms with Crippen LogP contribution in [0.1, 0.15) is 45.8 Å². The highest BCUT2D eigenvalue weighted by Crippen LogP contribution is 2.28. The Bertz CT molecular complexity index is 613. The van der Waals surface area contributed by atoms with Gasteiger partial charge in [0, 0.05) is 0 Å². The number of aryl methyl sites for hydroxylation is 4. The molecule has 1 atom stereocenters. The normalized spacial score (nSPS) is 15.3. The maximum atomic E-state index is 6.48. The third-order valence-corrected chi connectivity index (χ3v) is 4.25. The fourth-order valence-corrected chi connectivity index (χ4v) is 3.06. The smallest absolute Gasteiger partial charge is 0.0554 e. The molecule has 0 aromatic heterocycles. The monoisotopic (exact) mass is 251 g/mol. The lowest BCUT2D eigenvalue weighted by molar-refractivity contribution is 0.856. The van der Waals surface area contributed by atoms with Gasteiger partial charge in [-0.15, -0.1) is 0 Å². The van der Waals surface area contributed by atoms with Crippen molar-refractivity contribution < 1.29 is 0 Å². The van der Waals surface area contributed by atoms with E-state index >= 15 is 0 Å². The van der Waals surface area contributed by atoms with Gasteiger partial charge >= 0.3 is 0 Å². The Morgan fingerprint density at radius 3 is 2.58 bits per heavy atom. The van der Waals surface area contributed by atoms with E-state index in [4.69, 9.17) is 5.73 Å². The summed E-state index contributed by atoms with van der Waals surface area (Å²) in [7, 11) is 0. The van der Waals surface area contributed by atoms with Crippen molar-refractivity contribution in [2.75, 3.05) is 0 Å². The summed E-state index contributed by atoms with van der Waals surface area (Å²) in [6.45, 7) is 4.26. The predicted octanol–water partition coefficient (Wildman–Crippen LogP) is 3.84. The molecule has 19 heavy (non-hydrogen) atoms. The van der Waals surface area contributed by atoms with E-state index in [1.165, 1.54) is 52.6 Å². The number of rotatable bonds is 2. The van der Waals surface area contributed by atoms with Crippen LogP contribution in [0.25, 0.3) is 0 Å². The first-order chi connectivity index (χ1) is 9.15. The van der Waals surface area contributed by atoms with Crippen molar-refractivity contribution in [3.8, 4) is 0 Å². The largest absolute Gasteiger partial charge is 0.320 e. The number of fused-ring (bicyclic) bond motifs is 1. The maximum Gasteiger partial charge on any atom is 0.0554 e. The fraction of sp³-hybridized carbons (Fsp3) is 0.333. The molecule has 98 valence electrons. The van der Waals surface area contributed by atoms with Crippen molar-refractivity contribution in [2.24, 2.45) is 5.73 Å². The number of hydrogen-bond donors (Lipinski definition) is 1. The molecule has 2 aromatic carbocycles. The lowest BCUT2D eigenvalue weighted by Gasteiger charge is -2.17. The third kappa shape index (κ3) is 2.31. The Hall–Kier alpha value is -1.60. The zero-order valence-electron chi connectivity index (χ0n) is 11.7. The standard InChI is InChI=1S/C18H21N/c1-12-6-7-13(2)17(10-12)18(19)16-9-8-14-4-3-5-15(14)11-16/h6-11,18H,3-5,19H2,1-2H3. The van der Waals surface area contributed by atoms with E-state index in [1.807, 2.05) is 0 Å². The van der Waals surface area contributed by atoms with E-state index in [9.17, 15) is 0 Å². The summed E-state index contributed by atoms with van der Waals surface area (Å²) in [5.74, 6) is 0. The van der Waals surface area contributed by atoms with E-state index in [2.05, 4.69) is 50.2 Å². The van der Waals surface area contributed by atoms with Crippen LogP contribution in [0.15, 0.2) is 36.4 Å². The quantitative estimate of drug-likeness (QED) is 0.862. The minimum atomic E-state index is -0.00852. The molecule has 0 saturated carbocycles. The minimum absolute atomic E-state index is 0.00852. The van der Waals surface area contributed by atoms with Crippen molar-refractivity contribution in [2.45, 2.75) is 39.2 Å². The first-order valence-corrected chi connectivity index (χ1v) is 7.09. The second-order valence-corrected chi connectivity index (χ2v) is 5.72. The van der Waals surface area contributed by atoms with Crippen molar-refractivity contribution in [3.63, 3.8) is 0 Å². The molecule has 1 aliphatic rings. The third-order valence-electron chi connectivity index (χ3n) is 4.25. The van der Waals surface area contributed by atoms with Crippen LogP contribution < -0.4 is 5.73 Å². The molecule has 0 radical (unpaired) electrons. The highest BCUT2D eigenvalue weighted by atomic mass is 14.6. The van der Waals surface area contributed by atoms with Gasteiger partial charge in [0.15, 0.2) is 0 Å². The number of hydrogen-bond acceptors (Lipinski definition) is 1. The van der Waals surface area contributed by atoms with Crippen LogP contribution >= 0.6 is 0 Å². The van der Waals surface area contributed by atoms with Crippen LogP contribution in [-0.2, 0) is 12.8 Å². The molecular weight excluding hydrogens is 230 g/mol. The fourth-order valence-electron chi connectivity index (χ4n) is 3.06. The molecule has 2 N–H and O–H groups in total. The van der Waals surface area contributed by atoms with E-state index in [-0.39, 0.29) is 6.04 Å². The van der Waals surface area contributed by atoms with Gasteiger partial charge < -0.3 is 5.73 Å². The molecule has 1 aliphatic carbocycles. The summed E-state index contributed by atoms with van der Waals surface area (Å²) in [6.07, 6.45) is 3.73. The van der Waals surface area contributed by atoms with Gasteiger partial charge in [0.1, 0.15) is 0 Å². The predicted molar refractivity (Wildman–Crippen MR) is 80.4 cm³/mol. The minimum Gasteiger partial charge on any atom is -0.320 e. The lowest BCUT2D eigenvalue weighted by atomic mass is 9.92. The van der Waals surface area contributed by atoms with Crippen molar-refractivity contribution in [1.29, 1.82) is 0 Å². The molecule has 0 saturated heterocycles. The van der Waals surface area contributed by atoms with Crippen molar-refractivity contribution in [3.05, 3.63) is 69.8 Å². The Labute approximate surface area is 115 Å². The van der Waals surface area contributed by atoms with E-state index in [0.29, 0.717) is 0 Å². The molecule has 1 nitrogen and oxygen atoms in total. The Morgan fingerprint density at radius 2 is 1.74 bits per heavy atom. The molecule has 0 amide bonds. The first-order valence-electron chi connectivity index (χ1n) is 7.09. The molecular formula is C18H21N. The topological polar surface area (TPSA) is 26.0 Å². The van der Waals surface area contributed by atoms with Gasteiger partial charge in [0.05, 0.1) is 6.04 Å². The molecule has 0 heterocycles. The van der Waals surface area contributed by atoms with Crippen LogP contribution in [0.5, 0.6) is 0 Å². The SMILES string of the molecule is Cc1ccc(C)c(C(N)c2ccc3c(c2)CCC3)c1. The second kappa shape index (κ2) is 4.82. The molecule has 0 aliphatic heterocycles. The summed E-state index contributed by atoms with van der Waals surface area (Å²) in [6, 6.07) is 13.3. The summed E-state index contributed by atoms with van der Waals surface area (Å²) < 4.78 is 0. The van der Waals surface area contributed by atoms with Gasteiger partial charge in [-0.3, -0.25) is 0 Å². The molecule has 0 fully saturated rings. The van der Waals surface area contributed by atoms with E-state index in [0.717, 1.165) is 0 Å². The molecule has 0 bridgehead atoms. The first kappa shape index (κ1) is 12.4. The van der Waals surface area contributed by atoms with Gasteiger partial charge in [-0.25, -0.2) is 0 Å². The number of nitrogens with two attached hydrogens (primary N) is 1. The highest BCUT2D eigenvalue weighted by Gasteiger charge is 2.16. The van der Waals surface area contributed by atoms with Crippen LogP contribution in [0, 0.1) is 13.8 Å². The Balaban J connectivity index is 1.99. The van der Waals surface area contributed by atoms with E-state index < -0.39 is 0 Å². The van der Waals surface area contributed by atoms with Crippen LogP contribution in [0.2, 0.25) is 0 Å². The summed E-state index contributed by atoms with van der Waals surface area (Å²) in [4.78, 5) is 0. The lowest BCUT2D eigenvalue weighted by Crippen LogP contribution is -2.13. The summed E-state index contributed by atoms with van der Waals surface area (Å²) in [5.41, 5.74) is 14.5. The van der Waals surface area contributed by atoms with Gasteiger partial charge in [-0.1, -0.05) is 42.0 Å². The van der Waals surface area contributed by atoms with Crippen LogP contribution in [-0.4, -0.2) is 0 Å². The maximum absolute atomic E-state index is 6.48. The molecule has 1 unspecified atom stereocenters. The average molecular weight is 251 g/mol. The zero-order valence-corrected chi connectivity index (χ0v) is 11.7. The molecule has 0 spiro atoms. The molecule has 3 rings (SSSR count). The summed E-state index contributed by atoms with van der Waals surface area (Å²) in [5, 5.41) is 0. The highest BCUT2D eigenvalue weighted by molar-refractivity contribution is 5.42. The Kier molecular flexibility index (Phi) is 3.16. The van der Waals surface area contributed by atoms with Gasteiger partial charge in [-0.2, -0.15) is 0 Å². The van der Waals surface area contributed by atoms with Crippen molar-refractivity contribution in [1.82, 2.24) is 0 Å².